The topological polar surface area (TPSA) is 82.8 Å². The molecule has 5 nitrogen and oxygen atoms in total. The highest BCUT2D eigenvalue weighted by atomic mass is 32.2. The Kier molecular flexibility index (Phi) is 9.82. The lowest BCUT2D eigenvalue weighted by Gasteiger charge is -2.12. The number of nitrogens with zero attached hydrogens (tertiary/aromatic N) is 3. The number of thioether (sulfide) groups is 1. The van der Waals surface area contributed by atoms with E-state index in [4.69, 9.17) is 20.5 Å². The summed E-state index contributed by atoms with van der Waals surface area (Å²) in [6.07, 6.45) is 4.56. The first-order valence-electron chi connectivity index (χ1n) is 10.5. The summed E-state index contributed by atoms with van der Waals surface area (Å²) in [6.45, 7) is 8.09. The Bertz CT molecular complexity index is 1020. The normalized spacial score (nSPS) is 10.4. The Morgan fingerprint density at radius 3 is 2.35 bits per heavy atom. The predicted molar refractivity (Wildman–Crippen MR) is 130 cm³/mol. The van der Waals surface area contributed by atoms with Crippen LogP contribution in [0, 0.1) is 19.3 Å². The molecule has 0 radical (unpaired) electrons. The number of hydrogen-bond acceptors (Lipinski definition) is 6. The van der Waals surface area contributed by atoms with Crippen LogP contribution >= 0.6 is 11.8 Å². The lowest BCUT2D eigenvalue weighted by molar-refractivity contribution is 0.288. The zero-order chi connectivity index (χ0) is 22.8. The first-order valence-corrected chi connectivity index (χ1v) is 11.7. The van der Waals surface area contributed by atoms with Gasteiger partial charge in [0.25, 0.3) is 0 Å². The average Bonchev–Trinajstić information content (AvgIpc) is 2.78. The van der Waals surface area contributed by atoms with Crippen LogP contribution in [0.15, 0.2) is 47.4 Å². The summed E-state index contributed by atoms with van der Waals surface area (Å²) >= 11 is 1.75. The van der Waals surface area contributed by atoms with Crippen molar-refractivity contribution in [3.63, 3.8) is 0 Å². The van der Waals surface area contributed by atoms with E-state index in [2.05, 4.69) is 31.2 Å². The van der Waals surface area contributed by atoms with Crippen LogP contribution in [0.3, 0.4) is 0 Å². The molecule has 0 unspecified atom stereocenters. The molecule has 0 amide bonds. The molecule has 164 valence electrons. The van der Waals surface area contributed by atoms with Gasteiger partial charge in [-0.15, -0.1) is 11.8 Å². The van der Waals surface area contributed by atoms with Crippen LogP contribution in [0.2, 0.25) is 0 Å². The average molecular weight is 437 g/mol. The molecule has 2 N–H and O–H groups in total. The standard InChI is InChI=1S/C17H22N2OS.C8H10N2/c1-4-13-11-16(21-3)12(2)17(19-13)15-9-5-7-14(18-15)8-6-10-20;1-6-4-3-5-8(10-6)7(2)9/h5,7,9,11,20H,4,6,8,10H2,1-3H3;3-5,9H,1-2H3. The number of pyridine rings is 3. The Morgan fingerprint density at radius 1 is 1.03 bits per heavy atom. The molecule has 6 heteroatoms. The minimum Gasteiger partial charge on any atom is -0.396 e. The van der Waals surface area contributed by atoms with Crippen molar-refractivity contribution >= 4 is 17.5 Å². The summed E-state index contributed by atoms with van der Waals surface area (Å²) in [7, 11) is 0. The maximum absolute atomic E-state index is 8.95. The fraction of sp³-hybridized carbons (Fsp3) is 0.360. The smallest absolute Gasteiger partial charge is 0.0929 e. The molecule has 3 aromatic rings. The van der Waals surface area contributed by atoms with Crippen LogP contribution < -0.4 is 0 Å². The number of aromatic nitrogens is 3. The Hall–Kier alpha value is -2.57. The van der Waals surface area contributed by atoms with Gasteiger partial charge in [-0.05, 0) is 82.2 Å². The molecular formula is C25H32N4OS. The number of hydrogen-bond donors (Lipinski definition) is 2. The third kappa shape index (κ3) is 7.26. The van der Waals surface area contributed by atoms with E-state index in [1.165, 1.54) is 10.5 Å². The zero-order valence-electron chi connectivity index (χ0n) is 19.1. The summed E-state index contributed by atoms with van der Waals surface area (Å²) < 4.78 is 0. The first kappa shape index (κ1) is 24.7. The molecule has 0 aliphatic heterocycles. The van der Waals surface area contributed by atoms with Crippen molar-refractivity contribution in [2.24, 2.45) is 0 Å². The van der Waals surface area contributed by atoms with E-state index in [1.807, 2.05) is 43.3 Å². The lowest BCUT2D eigenvalue weighted by Crippen LogP contribution is -2.00. The first-order chi connectivity index (χ1) is 14.9. The molecule has 0 saturated carbocycles. The van der Waals surface area contributed by atoms with E-state index < -0.39 is 0 Å². The largest absolute Gasteiger partial charge is 0.396 e. The fourth-order valence-corrected chi connectivity index (χ4v) is 3.70. The Labute approximate surface area is 189 Å². The molecule has 3 heterocycles. The number of aliphatic hydroxyl groups excluding tert-OH is 1. The predicted octanol–water partition coefficient (Wildman–Crippen LogP) is 5.44. The lowest BCUT2D eigenvalue weighted by atomic mass is 10.1. The Balaban J connectivity index is 0.000000285. The second-order valence-corrected chi connectivity index (χ2v) is 8.12. The van der Waals surface area contributed by atoms with Crippen molar-refractivity contribution in [3.8, 4) is 11.4 Å². The van der Waals surface area contributed by atoms with Gasteiger partial charge in [0.2, 0.25) is 0 Å². The minimum absolute atomic E-state index is 0.200. The van der Waals surface area contributed by atoms with Crippen LogP contribution in [0.25, 0.3) is 11.4 Å². The van der Waals surface area contributed by atoms with Crippen LogP contribution in [-0.2, 0) is 12.8 Å². The van der Waals surface area contributed by atoms with E-state index in [0.29, 0.717) is 5.71 Å². The summed E-state index contributed by atoms with van der Waals surface area (Å²) in [5.41, 5.74) is 7.44. The second kappa shape index (κ2) is 12.3. The van der Waals surface area contributed by atoms with Crippen molar-refractivity contribution in [1.82, 2.24) is 15.0 Å². The number of aryl methyl sites for hydroxylation is 3. The third-order valence-corrected chi connectivity index (χ3v) is 5.64. The molecule has 0 aliphatic carbocycles. The van der Waals surface area contributed by atoms with Gasteiger partial charge in [0, 0.05) is 28.6 Å². The van der Waals surface area contributed by atoms with Gasteiger partial charge in [-0.3, -0.25) is 15.0 Å². The van der Waals surface area contributed by atoms with Gasteiger partial charge in [0.15, 0.2) is 0 Å². The maximum atomic E-state index is 8.95. The van der Waals surface area contributed by atoms with E-state index in [0.717, 1.165) is 53.4 Å². The van der Waals surface area contributed by atoms with Crippen LogP contribution in [0.1, 0.15) is 48.6 Å². The molecule has 0 aromatic carbocycles. The molecule has 0 spiro atoms. The zero-order valence-corrected chi connectivity index (χ0v) is 19.9. The van der Waals surface area contributed by atoms with Gasteiger partial charge >= 0.3 is 0 Å². The van der Waals surface area contributed by atoms with Gasteiger partial charge in [-0.1, -0.05) is 19.1 Å². The number of nitrogens with one attached hydrogen (secondary N) is 1. The van der Waals surface area contributed by atoms with E-state index in [9.17, 15) is 0 Å². The molecule has 3 aromatic heterocycles. The highest BCUT2D eigenvalue weighted by Crippen LogP contribution is 2.29. The maximum Gasteiger partial charge on any atom is 0.0929 e. The second-order valence-electron chi connectivity index (χ2n) is 7.27. The van der Waals surface area contributed by atoms with Crippen molar-refractivity contribution in [3.05, 3.63) is 70.8 Å². The van der Waals surface area contributed by atoms with Crippen molar-refractivity contribution < 1.29 is 5.11 Å². The monoisotopic (exact) mass is 436 g/mol. The van der Waals surface area contributed by atoms with Crippen molar-refractivity contribution in [1.29, 1.82) is 5.41 Å². The molecule has 0 saturated heterocycles. The molecule has 3 rings (SSSR count). The van der Waals surface area contributed by atoms with Gasteiger partial charge in [-0.25, -0.2) is 0 Å². The summed E-state index contributed by atoms with van der Waals surface area (Å²) in [5.74, 6) is 0. The van der Waals surface area contributed by atoms with Crippen LogP contribution in [-0.4, -0.2) is 38.6 Å². The highest BCUT2D eigenvalue weighted by molar-refractivity contribution is 7.98. The van der Waals surface area contributed by atoms with Crippen LogP contribution in [0.4, 0.5) is 0 Å². The fourth-order valence-electron chi connectivity index (χ4n) is 3.04. The quantitative estimate of drug-likeness (QED) is 0.381. The van der Waals surface area contributed by atoms with Gasteiger partial charge in [0.1, 0.15) is 0 Å². The molecule has 0 aliphatic rings. The van der Waals surface area contributed by atoms with Crippen molar-refractivity contribution in [2.45, 2.75) is 51.9 Å². The highest BCUT2D eigenvalue weighted by Gasteiger charge is 2.11. The SMILES string of the molecule is CC(=N)c1cccc(C)n1.CCc1cc(SC)c(C)c(-c2cccc(CCCO)n2)n1. The summed E-state index contributed by atoms with van der Waals surface area (Å²) in [4.78, 5) is 14.9. The van der Waals surface area contributed by atoms with E-state index in [1.54, 1.807) is 18.7 Å². The summed E-state index contributed by atoms with van der Waals surface area (Å²) in [6, 6.07) is 13.9. The molecule has 0 fully saturated rings. The van der Waals surface area contributed by atoms with Gasteiger partial charge < -0.3 is 10.5 Å². The third-order valence-electron chi connectivity index (χ3n) is 4.77. The van der Waals surface area contributed by atoms with E-state index in [-0.39, 0.29) is 6.61 Å². The number of rotatable bonds is 7. The van der Waals surface area contributed by atoms with E-state index >= 15 is 0 Å². The summed E-state index contributed by atoms with van der Waals surface area (Å²) in [5, 5.41) is 16.2. The molecular weight excluding hydrogens is 404 g/mol. The van der Waals surface area contributed by atoms with Gasteiger partial charge in [0.05, 0.1) is 22.8 Å². The Morgan fingerprint density at radius 2 is 1.77 bits per heavy atom. The van der Waals surface area contributed by atoms with Crippen LogP contribution in [0.5, 0.6) is 0 Å². The number of aliphatic hydroxyl groups is 1. The van der Waals surface area contributed by atoms with Crippen molar-refractivity contribution in [2.75, 3.05) is 12.9 Å². The molecule has 0 bridgehead atoms. The molecule has 31 heavy (non-hydrogen) atoms. The van der Waals surface area contributed by atoms with Gasteiger partial charge in [-0.2, -0.15) is 0 Å². The minimum atomic E-state index is 0.200. The molecule has 0 atom stereocenters.